The van der Waals surface area contributed by atoms with Gasteiger partial charge in [-0.3, -0.25) is 9.48 Å². The molecule has 2 aromatic heterocycles. The van der Waals surface area contributed by atoms with Crippen LogP contribution in [0.25, 0.3) is 11.4 Å². The number of anilines is 2. The minimum Gasteiger partial charge on any atom is -0.494 e. The molecule has 8 heteroatoms. The van der Waals surface area contributed by atoms with E-state index in [2.05, 4.69) is 20.4 Å². The lowest BCUT2D eigenvalue weighted by atomic mass is 10.1. The average molecular weight is 387 g/mol. The van der Waals surface area contributed by atoms with Crippen molar-refractivity contribution in [2.75, 3.05) is 12.4 Å². The summed E-state index contributed by atoms with van der Waals surface area (Å²) in [4.78, 5) is 20.8. The highest BCUT2D eigenvalue weighted by atomic mass is 35.5. The zero-order valence-electron chi connectivity index (χ0n) is 17.4. The van der Waals surface area contributed by atoms with E-state index in [4.69, 9.17) is 20.5 Å². The average Bonchev–Trinajstić information content (AvgIpc) is 3.42. The van der Waals surface area contributed by atoms with Crippen LogP contribution in [0.2, 0.25) is 5.15 Å². The number of methoxy groups -OCH3 is 1. The third-order valence-corrected chi connectivity index (χ3v) is 4.51. The van der Waals surface area contributed by atoms with Gasteiger partial charge in [-0.2, -0.15) is 5.10 Å². The maximum atomic E-state index is 12.6. The quantitative estimate of drug-likeness (QED) is 0.511. The molecule has 0 amide bonds. The Labute approximate surface area is 165 Å². The Kier molecular flexibility index (Phi) is 3.67. The summed E-state index contributed by atoms with van der Waals surface area (Å²) in [7, 11) is 1.49. The second-order valence-corrected chi connectivity index (χ2v) is 6.60. The SMILES string of the molecule is [2H]C([2H])([2H])n1cnc(-c2cccc(Nc3cc(Cl)ncc3C(=O)C3CC3)c2OC)n1. The van der Waals surface area contributed by atoms with Crippen LogP contribution in [-0.4, -0.2) is 32.6 Å². The van der Waals surface area contributed by atoms with E-state index in [0.717, 1.165) is 23.9 Å². The van der Waals surface area contributed by atoms with Gasteiger partial charge in [-0.25, -0.2) is 9.97 Å². The Morgan fingerprint density at radius 2 is 2.22 bits per heavy atom. The molecule has 4 rings (SSSR count). The molecule has 138 valence electrons. The van der Waals surface area contributed by atoms with Gasteiger partial charge in [0.05, 0.1) is 29.6 Å². The molecular weight excluding hydrogens is 366 g/mol. The van der Waals surface area contributed by atoms with Crippen molar-refractivity contribution in [3.8, 4) is 17.1 Å². The van der Waals surface area contributed by atoms with E-state index in [1.165, 1.54) is 13.3 Å². The third kappa shape index (κ3) is 3.50. The number of hydrogen-bond acceptors (Lipinski definition) is 6. The first kappa shape index (κ1) is 14.2. The second kappa shape index (κ2) is 7.00. The molecule has 3 aromatic rings. The molecule has 0 bridgehead atoms. The van der Waals surface area contributed by atoms with Crippen LogP contribution in [0.1, 0.15) is 27.3 Å². The van der Waals surface area contributed by atoms with Crippen molar-refractivity contribution >= 4 is 28.8 Å². The van der Waals surface area contributed by atoms with E-state index in [-0.39, 0.29) is 22.7 Å². The first-order valence-electron chi connectivity index (χ1n) is 9.84. The minimum absolute atomic E-state index is 0.0230. The number of aryl methyl sites for hydroxylation is 1. The number of nitrogens with one attached hydrogen (secondary N) is 1. The van der Waals surface area contributed by atoms with Gasteiger partial charge in [0.25, 0.3) is 0 Å². The van der Waals surface area contributed by atoms with Crippen molar-refractivity contribution in [3.05, 3.63) is 47.5 Å². The van der Waals surface area contributed by atoms with Crippen LogP contribution in [0.4, 0.5) is 11.4 Å². The Balaban J connectivity index is 1.73. The van der Waals surface area contributed by atoms with E-state index in [1.807, 2.05) is 0 Å². The van der Waals surface area contributed by atoms with Crippen LogP contribution >= 0.6 is 11.6 Å². The Morgan fingerprint density at radius 3 is 2.93 bits per heavy atom. The number of rotatable bonds is 6. The van der Waals surface area contributed by atoms with Gasteiger partial charge in [0, 0.05) is 23.2 Å². The maximum absolute atomic E-state index is 12.6. The molecule has 0 radical (unpaired) electrons. The second-order valence-electron chi connectivity index (χ2n) is 6.22. The largest absolute Gasteiger partial charge is 0.494 e. The first-order valence-corrected chi connectivity index (χ1v) is 8.72. The number of carbonyl (C=O) groups excluding carboxylic acids is 1. The summed E-state index contributed by atoms with van der Waals surface area (Å²) in [6.45, 7) is -2.43. The number of pyridine rings is 1. The van der Waals surface area contributed by atoms with Crippen LogP contribution in [0.5, 0.6) is 5.75 Å². The fourth-order valence-corrected chi connectivity index (χ4v) is 3.02. The monoisotopic (exact) mass is 386 g/mol. The van der Waals surface area contributed by atoms with Gasteiger partial charge in [0.15, 0.2) is 17.4 Å². The molecule has 1 aliphatic rings. The number of carbonyl (C=O) groups is 1. The normalized spacial score (nSPS) is 15.6. The number of nitrogens with zero attached hydrogens (tertiary/aromatic N) is 4. The summed E-state index contributed by atoms with van der Waals surface area (Å²) in [6.07, 6.45) is 4.37. The summed E-state index contributed by atoms with van der Waals surface area (Å²) in [5, 5.41) is 7.50. The van der Waals surface area contributed by atoms with Crippen LogP contribution in [0.15, 0.2) is 36.8 Å². The summed E-state index contributed by atoms with van der Waals surface area (Å²) in [5.74, 6) is 0.650. The lowest BCUT2D eigenvalue weighted by Gasteiger charge is -2.16. The number of Topliss-reactive ketones (excluding diaryl/α,β-unsaturated/α-hetero) is 1. The Morgan fingerprint density at radius 1 is 1.37 bits per heavy atom. The summed E-state index contributed by atoms with van der Waals surface area (Å²) in [5.41, 5.74) is 2.02. The van der Waals surface area contributed by atoms with E-state index in [0.29, 0.717) is 28.3 Å². The Hall–Kier alpha value is -2.93. The van der Waals surface area contributed by atoms with Crippen molar-refractivity contribution in [2.45, 2.75) is 12.8 Å². The molecule has 2 heterocycles. The highest BCUT2D eigenvalue weighted by Crippen LogP contribution is 2.39. The number of ether oxygens (including phenoxy) is 1. The highest BCUT2D eigenvalue weighted by molar-refractivity contribution is 6.29. The van der Waals surface area contributed by atoms with Crippen LogP contribution in [-0.2, 0) is 6.98 Å². The van der Waals surface area contributed by atoms with Gasteiger partial charge in [0.1, 0.15) is 11.5 Å². The molecule has 1 aromatic carbocycles. The summed E-state index contributed by atoms with van der Waals surface area (Å²) in [6, 6.07) is 6.83. The smallest absolute Gasteiger partial charge is 0.184 e. The van der Waals surface area contributed by atoms with Gasteiger partial charge in [-0.05, 0) is 31.0 Å². The van der Waals surface area contributed by atoms with Crippen molar-refractivity contribution in [2.24, 2.45) is 12.9 Å². The van der Waals surface area contributed by atoms with Crippen molar-refractivity contribution < 1.29 is 13.6 Å². The zero-order valence-corrected chi connectivity index (χ0v) is 15.2. The molecule has 1 N–H and O–H groups in total. The lowest BCUT2D eigenvalue weighted by molar-refractivity contribution is 0.0968. The molecule has 27 heavy (non-hydrogen) atoms. The Bertz CT molecular complexity index is 1110. The highest BCUT2D eigenvalue weighted by Gasteiger charge is 2.32. The number of para-hydroxylation sites is 1. The van der Waals surface area contributed by atoms with E-state index >= 15 is 0 Å². The predicted molar refractivity (Wildman–Crippen MR) is 103 cm³/mol. The van der Waals surface area contributed by atoms with Gasteiger partial charge < -0.3 is 10.1 Å². The van der Waals surface area contributed by atoms with E-state index in [9.17, 15) is 4.79 Å². The molecular formula is C19H18ClN5O2. The fraction of sp³-hybridized carbons (Fsp3) is 0.263. The van der Waals surface area contributed by atoms with Crippen molar-refractivity contribution in [3.63, 3.8) is 0 Å². The van der Waals surface area contributed by atoms with Gasteiger partial charge >= 0.3 is 0 Å². The van der Waals surface area contributed by atoms with Crippen LogP contribution < -0.4 is 10.1 Å². The number of aromatic nitrogens is 4. The summed E-state index contributed by atoms with van der Waals surface area (Å²) < 4.78 is 28.8. The van der Waals surface area contributed by atoms with Gasteiger partial charge in [-0.1, -0.05) is 17.7 Å². The lowest BCUT2D eigenvalue weighted by Crippen LogP contribution is -2.07. The van der Waals surface area contributed by atoms with Crippen LogP contribution in [0, 0.1) is 5.92 Å². The molecule has 0 saturated heterocycles. The van der Waals surface area contributed by atoms with E-state index < -0.39 is 6.98 Å². The zero-order chi connectivity index (χ0) is 21.5. The standard InChI is InChI=1S/C19H18ClN5O2/c1-25-10-22-19(24-25)12-4-3-5-14(18(12)27-2)23-15-8-16(20)21-9-13(15)17(26)11-6-7-11/h3-5,8-11H,6-7H2,1-2H3,(H,21,23)/i1D3. The molecule has 0 unspecified atom stereocenters. The maximum Gasteiger partial charge on any atom is 0.184 e. The van der Waals surface area contributed by atoms with Crippen LogP contribution in [0.3, 0.4) is 0 Å². The number of ketones is 1. The van der Waals surface area contributed by atoms with Crippen molar-refractivity contribution in [1.29, 1.82) is 0 Å². The number of halogens is 1. The fourth-order valence-electron chi connectivity index (χ4n) is 2.86. The van der Waals surface area contributed by atoms with Gasteiger partial charge in [-0.15, -0.1) is 0 Å². The topological polar surface area (TPSA) is 81.9 Å². The molecule has 0 spiro atoms. The minimum atomic E-state index is -2.43. The molecule has 7 nitrogen and oxygen atoms in total. The van der Waals surface area contributed by atoms with E-state index in [1.54, 1.807) is 24.3 Å². The van der Waals surface area contributed by atoms with Crippen molar-refractivity contribution in [1.82, 2.24) is 19.7 Å². The molecule has 1 aliphatic carbocycles. The molecule has 1 fully saturated rings. The molecule has 0 atom stereocenters. The molecule has 1 saturated carbocycles. The predicted octanol–water partition coefficient (Wildman–Crippen LogP) is 3.88. The third-order valence-electron chi connectivity index (χ3n) is 4.31. The number of benzene rings is 1. The molecule has 0 aliphatic heterocycles. The summed E-state index contributed by atoms with van der Waals surface area (Å²) >= 11 is 6.06. The van der Waals surface area contributed by atoms with Gasteiger partial charge in [0.2, 0.25) is 0 Å². The first-order chi connectivity index (χ1) is 14.3. The number of hydrogen-bond donors (Lipinski definition) is 1.